The minimum absolute atomic E-state index is 0.389. The van der Waals surface area contributed by atoms with Crippen LogP contribution in [0.2, 0.25) is 0 Å². The van der Waals surface area contributed by atoms with Crippen LogP contribution in [0.5, 0.6) is 0 Å². The molecule has 0 aromatic carbocycles. The first-order chi connectivity index (χ1) is 8.16. The van der Waals surface area contributed by atoms with Crippen LogP contribution < -0.4 is 5.32 Å². The van der Waals surface area contributed by atoms with E-state index in [1.807, 2.05) is 23.6 Å². The van der Waals surface area contributed by atoms with Gasteiger partial charge in [-0.25, -0.2) is 0 Å². The van der Waals surface area contributed by atoms with E-state index in [1.165, 1.54) is 20.9 Å². The van der Waals surface area contributed by atoms with Crippen molar-refractivity contribution in [2.24, 2.45) is 0 Å². The Bertz CT molecular complexity index is 476. The van der Waals surface area contributed by atoms with Gasteiger partial charge in [0.15, 0.2) is 0 Å². The average Bonchev–Trinajstić information content (AvgIpc) is 2.67. The van der Waals surface area contributed by atoms with Crippen LogP contribution in [-0.2, 0) is 6.54 Å². The van der Waals surface area contributed by atoms with Gasteiger partial charge in [-0.05, 0) is 44.0 Å². The van der Waals surface area contributed by atoms with Crippen LogP contribution in [0.4, 0.5) is 0 Å². The molecule has 1 N–H and O–H groups in total. The zero-order chi connectivity index (χ0) is 12.3. The predicted octanol–water partition coefficient (Wildman–Crippen LogP) is 3.61. The fraction of sp³-hybridized carbons (Fsp3) is 0.357. The average molecular weight is 246 g/mol. The number of nitrogens with one attached hydrogen (secondary N) is 1. The minimum Gasteiger partial charge on any atom is -0.306 e. The fourth-order valence-electron chi connectivity index (χ4n) is 1.96. The highest BCUT2D eigenvalue weighted by molar-refractivity contribution is 7.12. The number of pyridine rings is 1. The first-order valence-corrected chi connectivity index (χ1v) is 6.67. The van der Waals surface area contributed by atoms with Gasteiger partial charge in [0.05, 0.1) is 0 Å². The second-order valence-corrected chi connectivity index (χ2v) is 5.79. The van der Waals surface area contributed by atoms with Crippen LogP contribution in [0.15, 0.2) is 30.6 Å². The van der Waals surface area contributed by atoms with Crippen molar-refractivity contribution >= 4 is 11.3 Å². The lowest BCUT2D eigenvalue weighted by molar-refractivity contribution is 0.573. The van der Waals surface area contributed by atoms with Gasteiger partial charge in [0, 0.05) is 34.7 Å². The van der Waals surface area contributed by atoms with Crippen LogP contribution in [-0.4, -0.2) is 4.98 Å². The number of aromatic nitrogens is 1. The Hall–Kier alpha value is -1.19. The lowest BCUT2D eigenvalue weighted by atomic mass is 10.1. The van der Waals surface area contributed by atoms with E-state index in [1.54, 1.807) is 6.20 Å². The number of rotatable bonds is 4. The van der Waals surface area contributed by atoms with Crippen LogP contribution in [0, 0.1) is 13.8 Å². The van der Waals surface area contributed by atoms with Gasteiger partial charge in [-0.15, -0.1) is 11.3 Å². The summed E-state index contributed by atoms with van der Waals surface area (Å²) < 4.78 is 0. The second-order valence-electron chi connectivity index (χ2n) is 4.33. The van der Waals surface area contributed by atoms with Gasteiger partial charge in [-0.2, -0.15) is 0 Å². The van der Waals surface area contributed by atoms with Gasteiger partial charge >= 0.3 is 0 Å². The molecule has 0 aliphatic carbocycles. The van der Waals surface area contributed by atoms with Crippen molar-refractivity contribution in [2.45, 2.75) is 33.4 Å². The number of hydrogen-bond donors (Lipinski definition) is 1. The zero-order valence-corrected chi connectivity index (χ0v) is 11.3. The molecule has 17 heavy (non-hydrogen) atoms. The van der Waals surface area contributed by atoms with Crippen LogP contribution in [0.3, 0.4) is 0 Å². The van der Waals surface area contributed by atoms with Gasteiger partial charge < -0.3 is 5.32 Å². The molecule has 0 radical (unpaired) electrons. The van der Waals surface area contributed by atoms with Crippen LogP contribution >= 0.6 is 11.3 Å². The molecule has 3 heteroatoms. The highest BCUT2D eigenvalue weighted by atomic mass is 32.1. The van der Waals surface area contributed by atoms with Crippen molar-refractivity contribution < 1.29 is 0 Å². The summed E-state index contributed by atoms with van der Waals surface area (Å²) in [6.07, 6.45) is 3.71. The Morgan fingerprint density at radius 1 is 1.41 bits per heavy atom. The summed E-state index contributed by atoms with van der Waals surface area (Å²) in [5, 5.41) is 3.54. The molecule has 2 aromatic rings. The molecular formula is C14H18N2S. The summed E-state index contributed by atoms with van der Waals surface area (Å²) in [7, 11) is 0. The standard InChI is InChI=1S/C14H18N2S/c1-10-7-14(12(3)17-10)11(2)16-9-13-5-4-6-15-8-13/h4-8,11,16H,9H2,1-3H3. The molecule has 0 aliphatic heterocycles. The molecule has 2 rings (SSSR count). The first kappa shape index (κ1) is 12.3. The Labute approximate surface area is 107 Å². The first-order valence-electron chi connectivity index (χ1n) is 5.86. The third-order valence-electron chi connectivity index (χ3n) is 2.88. The van der Waals surface area contributed by atoms with Crippen LogP contribution in [0.1, 0.15) is 33.8 Å². The summed E-state index contributed by atoms with van der Waals surface area (Å²) in [4.78, 5) is 6.91. The van der Waals surface area contributed by atoms with Crippen molar-refractivity contribution in [3.8, 4) is 0 Å². The van der Waals surface area contributed by atoms with Gasteiger partial charge in [0.25, 0.3) is 0 Å². The third-order valence-corrected chi connectivity index (χ3v) is 3.86. The number of aryl methyl sites for hydroxylation is 2. The summed E-state index contributed by atoms with van der Waals surface area (Å²) in [5.41, 5.74) is 2.64. The van der Waals surface area contributed by atoms with Crippen molar-refractivity contribution in [1.29, 1.82) is 0 Å². The molecule has 0 saturated carbocycles. The van der Waals surface area contributed by atoms with E-state index >= 15 is 0 Å². The zero-order valence-electron chi connectivity index (χ0n) is 10.5. The molecule has 0 fully saturated rings. The lowest BCUT2D eigenvalue weighted by Crippen LogP contribution is -2.18. The SMILES string of the molecule is Cc1cc(C(C)NCc2cccnc2)c(C)s1. The predicted molar refractivity (Wildman–Crippen MR) is 73.3 cm³/mol. The Balaban J connectivity index is 1.98. The molecule has 2 aromatic heterocycles. The van der Waals surface area contributed by atoms with Gasteiger partial charge in [0.1, 0.15) is 0 Å². The maximum absolute atomic E-state index is 4.12. The summed E-state index contributed by atoms with van der Waals surface area (Å²) in [6.45, 7) is 7.43. The number of thiophene rings is 1. The molecule has 0 saturated heterocycles. The fourth-order valence-corrected chi connectivity index (χ4v) is 2.99. The summed E-state index contributed by atoms with van der Waals surface area (Å²) in [5.74, 6) is 0. The van der Waals surface area contributed by atoms with Crippen molar-refractivity contribution in [3.05, 3.63) is 51.5 Å². The molecule has 0 amide bonds. The van der Waals surface area contributed by atoms with E-state index in [2.05, 4.69) is 43.2 Å². The van der Waals surface area contributed by atoms with Gasteiger partial charge in [-0.1, -0.05) is 6.07 Å². The maximum atomic E-state index is 4.12. The monoisotopic (exact) mass is 246 g/mol. The molecule has 2 heterocycles. The Morgan fingerprint density at radius 3 is 2.82 bits per heavy atom. The largest absolute Gasteiger partial charge is 0.306 e. The van der Waals surface area contributed by atoms with E-state index in [0.29, 0.717) is 6.04 Å². The van der Waals surface area contributed by atoms with Crippen LogP contribution in [0.25, 0.3) is 0 Å². The molecule has 1 atom stereocenters. The van der Waals surface area contributed by atoms with Gasteiger partial charge in [-0.3, -0.25) is 4.98 Å². The molecule has 0 aliphatic rings. The van der Waals surface area contributed by atoms with E-state index < -0.39 is 0 Å². The third kappa shape index (κ3) is 3.14. The lowest BCUT2D eigenvalue weighted by Gasteiger charge is -2.13. The summed E-state index contributed by atoms with van der Waals surface area (Å²) >= 11 is 1.87. The topological polar surface area (TPSA) is 24.9 Å². The Kier molecular flexibility index (Phi) is 3.92. The summed E-state index contributed by atoms with van der Waals surface area (Å²) in [6, 6.07) is 6.74. The highest BCUT2D eigenvalue weighted by Gasteiger charge is 2.10. The normalized spacial score (nSPS) is 12.6. The molecule has 1 unspecified atom stereocenters. The minimum atomic E-state index is 0.389. The van der Waals surface area contributed by atoms with Crippen molar-refractivity contribution in [1.82, 2.24) is 10.3 Å². The van der Waals surface area contributed by atoms with Crippen molar-refractivity contribution in [3.63, 3.8) is 0 Å². The molecule has 0 bridgehead atoms. The van der Waals surface area contributed by atoms with Crippen molar-refractivity contribution in [2.75, 3.05) is 0 Å². The maximum Gasteiger partial charge on any atom is 0.0312 e. The second kappa shape index (κ2) is 5.43. The molecule has 90 valence electrons. The quantitative estimate of drug-likeness (QED) is 0.891. The van der Waals surface area contributed by atoms with E-state index in [9.17, 15) is 0 Å². The van der Waals surface area contributed by atoms with Gasteiger partial charge in [0.2, 0.25) is 0 Å². The van der Waals surface area contributed by atoms with E-state index in [4.69, 9.17) is 0 Å². The smallest absolute Gasteiger partial charge is 0.0312 e. The molecule has 2 nitrogen and oxygen atoms in total. The molecule has 0 spiro atoms. The number of nitrogens with zero attached hydrogens (tertiary/aromatic N) is 1. The number of hydrogen-bond acceptors (Lipinski definition) is 3. The van der Waals surface area contributed by atoms with E-state index in [-0.39, 0.29) is 0 Å². The Morgan fingerprint density at radius 2 is 2.24 bits per heavy atom. The molecular weight excluding hydrogens is 228 g/mol. The van der Waals surface area contributed by atoms with E-state index in [0.717, 1.165) is 6.54 Å². The highest BCUT2D eigenvalue weighted by Crippen LogP contribution is 2.26.